The number of nitrogens with zero attached hydrogens (tertiary/aromatic N) is 1. The Morgan fingerprint density at radius 1 is 1.07 bits per heavy atom. The summed E-state index contributed by atoms with van der Waals surface area (Å²) in [5, 5.41) is 19.1. The van der Waals surface area contributed by atoms with Gasteiger partial charge in [0.1, 0.15) is 12.0 Å². The third-order valence-corrected chi connectivity index (χ3v) is 5.79. The fourth-order valence-corrected chi connectivity index (χ4v) is 4.00. The van der Waals surface area contributed by atoms with Crippen molar-refractivity contribution in [1.82, 2.24) is 16.0 Å². The van der Waals surface area contributed by atoms with E-state index in [4.69, 9.17) is 11.1 Å². The smallest absolute Gasteiger partial charge is 0.133 e. The van der Waals surface area contributed by atoms with E-state index in [2.05, 4.69) is 64.3 Å². The van der Waals surface area contributed by atoms with Gasteiger partial charge >= 0.3 is 0 Å². The lowest BCUT2D eigenvalue weighted by Crippen LogP contribution is -2.54. The summed E-state index contributed by atoms with van der Waals surface area (Å²) < 4.78 is 0. The minimum absolute atomic E-state index is 0.203. The van der Waals surface area contributed by atoms with Crippen molar-refractivity contribution in [1.29, 1.82) is 5.41 Å². The molecule has 1 unspecified atom stereocenters. The third kappa shape index (κ3) is 4.78. The summed E-state index contributed by atoms with van der Waals surface area (Å²) in [6, 6.07) is 17.2. The van der Waals surface area contributed by atoms with Crippen molar-refractivity contribution >= 4 is 12.1 Å². The Morgan fingerprint density at radius 2 is 1.70 bits per heavy atom. The van der Waals surface area contributed by atoms with E-state index >= 15 is 0 Å². The second kappa shape index (κ2) is 9.24. The molecule has 2 heterocycles. The molecule has 0 aromatic heterocycles. The Labute approximate surface area is 178 Å². The van der Waals surface area contributed by atoms with Crippen LogP contribution in [-0.4, -0.2) is 37.3 Å². The molecule has 2 aromatic rings. The maximum absolute atomic E-state index is 8.81. The molecular formula is C24H30N6. The van der Waals surface area contributed by atoms with E-state index in [1.165, 1.54) is 16.7 Å². The van der Waals surface area contributed by atoms with Crippen molar-refractivity contribution in [2.75, 3.05) is 13.1 Å². The van der Waals surface area contributed by atoms with Gasteiger partial charge < -0.3 is 16.4 Å². The summed E-state index contributed by atoms with van der Waals surface area (Å²) in [4.78, 5) is 4.21. The molecule has 0 bridgehead atoms. The number of rotatable bonds is 6. The maximum atomic E-state index is 8.81. The fourth-order valence-electron chi connectivity index (χ4n) is 4.00. The largest absolute Gasteiger partial charge is 0.383 e. The average Bonchev–Trinajstić information content (AvgIpc) is 2.76. The highest BCUT2D eigenvalue weighted by Gasteiger charge is 2.27. The number of aryl methyl sites for hydroxylation is 1. The molecule has 156 valence electrons. The SMILES string of the molecule is Cc1ccc(Cc2ccc(C(=N)C3=C(N)N=CNC3NC3CCNCC3)cc2)cc1. The van der Waals surface area contributed by atoms with E-state index in [1.807, 2.05) is 12.1 Å². The molecule has 2 aliphatic heterocycles. The standard InChI is InChI=1S/C24H30N6/c1-16-2-4-17(5-3-16)14-18-6-8-19(9-7-18)22(25)21-23(26)28-15-29-24(21)30-20-10-12-27-13-11-20/h2-9,15,20,24-25,27,30H,10-14,26H2,1H3,(H,28,29). The number of hydrogen-bond donors (Lipinski definition) is 5. The predicted octanol–water partition coefficient (Wildman–Crippen LogP) is 2.42. The van der Waals surface area contributed by atoms with Gasteiger partial charge in [-0.05, 0) is 56.0 Å². The van der Waals surface area contributed by atoms with Crippen molar-refractivity contribution in [3.63, 3.8) is 0 Å². The molecule has 0 spiro atoms. The number of benzene rings is 2. The molecular weight excluding hydrogens is 372 g/mol. The van der Waals surface area contributed by atoms with Crippen LogP contribution in [0, 0.1) is 12.3 Å². The molecule has 1 fully saturated rings. The van der Waals surface area contributed by atoms with Crippen molar-refractivity contribution in [2.45, 2.75) is 38.4 Å². The van der Waals surface area contributed by atoms with Gasteiger partial charge in [-0.1, -0.05) is 54.1 Å². The van der Waals surface area contributed by atoms with Crippen LogP contribution in [0.15, 0.2) is 64.9 Å². The molecule has 0 amide bonds. The summed E-state index contributed by atoms with van der Waals surface area (Å²) in [5.74, 6) is 0.397. The van der Waals surface area contributed by atoms with Gasteiger partial charge in [0.2, 0.25) is 0 Å². The lowest BCUT2D eigenvalue weighted by molar-refractivity contribution is 0.356. The van der Waals surface area contributed by atoms with E-state index in [0.29, 0.717) is 23.1 Å². The van der Waals surface area contributed by atoms with Gasteiger partial charge in [-0.2, -0.15) is 0 Å². The van der Waals surface area contributed by atoms with Gasteiger partial charge in [0.25, 0.3) is 0 Å². The van der Waals surface area contributed by atoms with Crippen LogP contribution in [0.1, 0.15) is 35.1 Å². The molecule has 0 saturated carbocycles. The molecule has 1 saturated heterocycles. The van der Waals surface area contributed by atoms with Gasteiger partial charge in [-0.15, -0.1) is 0 Å². The predicted molar refractivity (Wildman–Crippen MR) is 123 cm³/mol. The van der Waals surface area contributed by atoms with Crippen molar-refractivity contribution in [3.05, 3.63) is 82.2 Å². The summed E-state index contributed by atoms with van der Waals surface area (Å²) in [6.07, 6.45) is 4.41. The highest BCUT2D eigenvalue weighted by atomic mass is 15.2. The minimum Gasteiger partial charge on any atom is -0.383 e. The highest BCUT2D eigenvalue weighted by molar-refractivity contribution is 6.12. The summed E-state index contributed by atoms with van der Waals surface area (Å²) in [5.41, 5.74) is 11.9. The van der Waals surface area contributed by atoms with Crippen molar-refractivity contribution < 1.29 is 0 Å². The first-order valence-electron chi connectivity index (χ1n) is 10.6. The van der Waals surface area contributed by atoms with Crippen molar-refractivity contribution in [2.24, 2.45) is 10.7 Å². The fraction of sp³-hybridized carbons (Fsp3) is 0.333. The number of piperidine rings is 1. The molecule has 0 aliphatic carbocycles. The van der Waals surface area contributed by atoms with Crippen LogP contribution >= 0.6 is 0 Å². The van der Waals surface area contributed by atoms with Gasteiger partial charge in [0, 0.05) is 6.04 Å². The molecule has 2 aromatic carbocycles. The third-order valence-electron chi connectivity index (χ3n) is 5.79. The first-order valence-corrected chi connectivity index (χ1v) is 10.6. The van der Waals surface area contributed by atoms with Gasteiger partial charge in [0.05, 0.1) is 17.6 Å². The summed E-state index contributed by atoms with van der Waals surface area (Å²) in [6.45, 7) is 4.11. The Hall–Kier alpha value is -2.96. The highest BCUT2D eigenvalue weighted by Crippen LogP contribution is 2.19. The van der Waals surface area contributed by atoms with E-state index < -0.39 is 0 Å². The topological polar surface area (TPSA) is 98.3 Å². The monoisotopic (exact) mass is 402 g/mol. The Bertz CT molecular complexity index is 937. The summed E-state index contributed by atoms with van der Waals surface area (Å²) >= 11 is 0. The van der Waals surface area contributed by atoms with Crippen LogP contribution in [0.3, 0.4) is 0 Å². The number of nitrogens with two attached hydrogens (primary N) is 1. The first kappa shape index (κ1) is 20.3. The lowest BCUT2D eigenvalue weighted by atomic mass is 9.96. The molecule has 6 heteroatoms. The minimum atomic E-state index is -0.203. The van der Waals surface area contributed by atoms with E-state index in [-0.39, 0.29) is 6.17 Å². The number of nitrogens with one attached hydrogen (secondary N) is 4. The van der Waals surface area contributed by atoms with Gasteiger partial charge in [0.15, 0.2) is 0 Å². The molecule has 4 rings (SSSR count). The van der Waals surface area contributed by atoms with Crippen molar-refractivity contribution in [3.8, 4) is 0 Å². The van der Waals surface area contributed by atoms with Gasteiger partial charge in [-0.3, -0.25) is 10.7 Å². The van der Waals surface area contributed by atoms with E-state index in [0.717, 1.165) is 37.9 Å². The normalized spacial score (nSPS) is 19.6. The second-order valence-corrected chi connectivity index (χ2v) is 8.08. The molecule has 6 N–H and O–H groups in total. The van der Waals surface area contributed by atoms with Crippen LogP contribution in [0.4, 0.5) is 0 Å². The second-order valence-electron chi connectivity index (χ2n) is 8.08. The van der Waals surface area contributed by atoms with Gasteiger partial charge in [-0.25, -0.2) is 4.99 Å². The van der Waals surface area contributed by atoms with Crippen LogP contribution in [0.2, 0.25) is 0 Å². The zero-order valence-electron chi connectivity index (χ0n) is 17.4. The van der Waals surface area contributed by atoms with Crippen LogP contribution in [-0.2, 0) is 6.42 Å². The molecule has 1 atom stereocenters. The van der Waals surface area contributed by atoms with E-state index in [9.17, 15) is 0 Å². The molecule has 6 nitrogen and oxygen atoms in total. The maximum Gasteiger partial charge on any atom is 0.133 e. The van der Waals surface area contributed by atoms with Crippen LogP contribution in [0.5, 0.6) is 0 Å². The zero-order chi connectivity index (χ0) is 20.9. The Balaban J connectivity index is 1.48. The molecule has 30 heavy (non-hydrogen) atoms. The lowest BCUT2D eigenvalue weighted by Gasteiger charge is -2.32. The van der Waals surface area contributed by atoms with Crippen LogP contribution in [0.25, 0.3) is 0 Å². The number of aliphatic imine (C=N–C) groups is 1. The molecule has 0 radical (unpaired) electrons. The Morgan fingerprint density at radius 3 is 2.37 bits per heavy atom. The zero-order valence-corrected chi connectivity index (χ0v) is 17.4. The summed E-state index contributed by atoms with van der Waals surface area (Å²) in [7, 11) is 0. The first-order chi connectivity index (χ1) is 14.6. The number of hydrogen-bond acceptors (Lipinski definition) is 6. The van der Waals surface area contributed by atoms with Crippen LogP contribution < -0.4 is 21.7 Å². The average molecular weight is 403 g/mol. The quantitative estimate of drug-likeness (QED) is 0.479. The molecule has 2 aliphatic rings. The van der Waals surface area contributed by atoms with E-state index in [1.54, 1.807) is 6.34 Å². The Kier molecular flexibility index (Phi) is 6.26.